The van der Waals surface area contributed by atoms with E-state index in [1.54, 1.807) is 0 Å². The Bertz CT molecular complexity index is 4480. The fourth-order valence-corrected chi connectivity index (χ4v) is 12.4. The number of hydrogen-bond donors (Lipinski definition) is 0. The van der Waals surface area contributed by atoms with E-state index in [9.17, 15) is 0 Å². The van der Waals surface area contributed by atoms with Crippen LogP contribution >= 0.6 is 11.3 Å². The fraction of sp³-hybridized carbons (Fsp3) is 0.0317. The first-order chi connectivity index (χ1) is 34.7. The van der Waals surface area contributed by atoms with E-state index in [0.717, 1.165) is 79.3 Å². The quantitative estimate of drug-likeness (QED) is 0.167. The summed E-state index contributed by atoms with van der Waals surface area (Å²) in [6.07, 6.45) is 8.28. The van der Waals surface area contributed by atoms with Crippen molar-refractivity contribution in [2.75, 3.05) is 0 Å². The molecule has 70 heavy (non-hydrogen) atoms. The number of allylic oxidation sites excluding steroid dienone is 4. The normalized spacial score (nSPS) is 13.1. The highest BCUT2D eigenvalue weighted by Gasteiger charge is 2.23. The lowest BCUT2D eigenvalue weighted by atomic mass is 10.0. The molecular weight excluding hydrogens is 873 g/mol. The number of benzene rings is 9. The standard InChI is InChI=1S/C63H40N6S/c1-4-16-39(17-5-1)61-64-62(40-18-6-2-7-19-40)66-63(65-61)69-55-36-41(28-31-47(55)48-33-30-44(38-57(48)69)68-52-25-13-10-22-45(52)46-23-11-14-26-53(46)68)42-29-32-51-56(37-42)67(43-20-8-3-9-21-43)54-35-34-50-49-24-12-15-27-58(49)70-60(50)59(51)54/h1-6,8-18,20-38H,7,19H2. The Kier molecular flexibility index (Phi) is 8.55. The molecule has 0 bridgehead atoms. The summed E-state index contributed by atoms with van der Waals surface area (Å²) in [6.45, 7) is 0. The lowest BCUT2D eigenvalue weighted by Crippen LogP contribution is -2.09. The average molecular weight is 913 g/mol. The Morgan fingerprint density at radius 3 is 1.71 bits per heavy atom. The van der Waals surface area contributed by atoms with E-state index in [4.69, 9.17) is 15.0 Å². The van der Waals surface area contributed by atoms with Crippen LogP contribution in [0.4, 0.5) is 0 Å². The molecule has 0 atom stereocenters. The van der Waals surface area contributed by atoms with Gasteiger partial charge in [-0.2, -0.15) is 9.97 Å². The summed E-state index contributed by atoms with van der Waals surface area (Å²) in [6, 6.07) is 72.7. The molecule has 0 radical (unpaired) electrons. The Balaban J connectivity index is 1.00. The maximum absolute atomic E-state index is 5.40. The summed E-state index contributed by atoms with van der Waals surface area (Å²) in [5.41, 5.74) is 13.2. The zero-order valence-corrected chi connectivity index (χ0v) is 38.6. The molecule has 15 rings (SSSR count). The van der Waals surface area contributed by atoms with Gasteiger partial charge in [0.05, 0.1) is 33.1 Å². The SMILES string of the molecule is C1=CCCC(c2nc(-c3ccccc3)nc(-n3c4cc(-c5ccc6c7c8sc9ccccc9c8ccc7n(-c7ccccc7)c6c5)ccc4c4ccc(-n5c6ccccc6c6ccccc65)cc43)n2)=C1. The molecule has 0 saturated carbocycles. The van der Waals surface area contributed by atoms with Crippen molar-refractivity contribution in [2.24, 2.45) is 0 Å². The van der Waals surface area contributed by atoms with Crippen molar-refractivity contribution in [3.63, 3.8) is 0 Å². The monoisotopic (exact) mass is 912 g/mol. The summed E-state index contributed by atoms with van der Waals surface area (Å²) in [5.74, 6) is 1.93. The molecule has 0 spiro atoms. The first-order valence-corrected chi connectivity index (χ1v) is 24.7. The smallest absolute Gasteiger partial charge is 0.238 e. The molecule has 0 aliphatic heterocycles. The molecule has 5 aromatic heterocycles. The van der Waals surface area contributed by atoms with Crippen LogP contribution in [0.1, 0.15) is 18.7 Å². The minimum Gasteiger partial charge on any atom is -0.309 e. The Morgan fingerprint density at radius 1 is 0.386 bits per heavy atom. The van der Waals surface area contributed by atoms with Crippen molar-refractivity contribution in [3.8, 4) is 39.8 Å². The van der Waals surface area contributed by atoms with Crippen molar-refractivity contribution >= 4 is 102 Å². The number of rotatable bonds is 6. The van der Waals surface area contributed by atoms with Crippen LogP contribution in [0.3, 0.4) is 0 Å². The maximum atomic E-state index is 5.40. The highest BCUT2D eigenvalue weighted by molar-refractivity contribution is 7.26. The van der Waals surface area contributed by atoms with E-state index < -0.39 is 0 Å². The van der Waals surface area contributed by atoms with Gasteiger partial charge < -0.3 is 9.13 Å². The van der Waals surface area contributed by atoms with Gasteiger partial charge in [-0.25, -0.2) is 4.98 Å². The predicted octanol–water partition coefficient (Wildman–Crippen LogP) is 16.6. The third-order valence-electron chi connectivity index (χ3n) is 14.4. The number of nitrogens with zero attached hydrogens (tertiary/aromatic N) is 6. The molecule has 0 fully saturated rings. The Morgan fingerprint density at radius 2 is 0.971 bits per heavy atom. The summed E-state index contributed by atoms with van der Waals surface area (Å²) in [5, 5.41) is 9.85. The summed E-state index contributed by atoms with van der Waals surface area (Å²) < 4.78 is 9.74. The van der Waals surface area contributed by atoms with Gasteiger partial charge in [-0.1, -0.05) is 158 Å². The molecule has 9 aromatic carbocycles. The molecular formula is C63H40N6S. The third-order valence-corrected chi connectivity index (χ3v) is 15.6. The van der Waals surface area contributed by atoms with E-state index in [1.165, 1.54) is 52.8 Å². The van der Waals surface area contributed by atoms with Gasteiger partial charge in [0.1, 0.15) is 0 Å². The molecule has 1 aliphatic carbocycles. The van der Waals surface area contributed by atoms with Crippen molar-refractivity contribution in [1.82, 2.24) is 28.7 Å². The van der Waals surface area contributed by atoms with Gasteiger partial charge >= 0.3 is 0 Å². The van der Waals surface area contributed by atoms with Gasteiger partial charge in [-0.15, -0.1) is 11.3 Å². The Hall–Kier alpha value is -8.91. The van der Waals surface area contributed by atoms with E-state index in [0.29, 0.717) is 17.6 Å². The van der Waals surface area contributed by atoms with E-state index in [-0.39, 0.29) is 0 Å². The van der Waals surface area contributed by atoms with Gasteiger partial charge in [0.2, 0.25) is 5.95 Å². The first-order valence-electron chi connectivity index (χ1n) is 23.9. The van der Waals surface area contributed by atoms with Crippen molar-refractivity contribution < 1.29 is 0 Å². The number of aromatic nitrogens is 6. The second kappa shape index (κ2) is 15.3. The van der Waals surface area contributed by atoms with Crippen LogP contribution in [0.2, 0.25) is 0 Å². The molecule has 5 heterocycles. The summed E-state index contributed by atoms with van der Waals surface area (Å²) in [7, 11) is 0. The lowest BCUT2D eigenvalue weighted by Gasteiger charge is -2.14. The van der Waals surface area contributed by atoms with Crippen molar-refractivity contribution in [1.29, 1.82) is 0 Å². The Labute approximate surface area is 406 Å². The van der Waals surface area contributed by atoms with Gasteiger partial charge in [0.25, 0.3) is 0 Å². The fourth-order valence-electron chi connectivity index (χ4n) is 11.2. The van der Waals surface area contributed by atoms with Crippen LogP contribution < -0.4 is 0 Å². The minimum absolute atomic E-state index is 0.586. The van der Waals surface area contributed by atoms with Crippen LogP contribution in [-0.4, -0.2) is 28.7 Å². The number of fused-ring (bicyclic) bond motifs is 13. The second-order valence-corrected chi connectivity index (χ2v) is 19.3. The molecule has 0 unspecified atom stereocenters. The van der Waals surface area contributed by atoms with E-state index in [1.807, 2.05) is 29.5 Å². The molecule has 0 saturated heterocycles. The summed E-state index contributed by atoms with van der Waals surface area (Å²) >= 11 is 1.89. The van der Waals surface area contributed by atoms with Gasteiger partial charge in [-0.3, -0.25) is 4.57 Å². The predicted molar refractivity (Wildman–Crippen MR) is 293 cm³/mol. The summed E-state index contributed by atoms with van der Waals surface area (Å²) in [4.78, 5) is 15.9. The van der Waals surface area contributed by atoms with Crippen LogP contribution in [0.5, 0.6) is 0 Å². The average Bonchev–Trinajstić information content (AvgIpc) is 4.17. The minimum atomic E-state index is 0.586. The third kappa shape index (κ3) is 5.88. The second-order valence-electron chi connectivity index (χ2n) is 18.3. The molecule has 0 N–H and O–H groups in total. The number of para-hydroxylation sites is 3. The van der Waals surface area contributed by atoms with Crippen LogP contribution in [0, 0.1) is 0 Å². The molecule has 7 heteroatoms. The molecule has 328 valence electrons. The van der Waals surface area contributed by atoms with Gasteiger partial charge in [-0.05, 0) is 90.2 Å². The molecule has 6 nitrogen and oxygen atoms in total. The zero-order chi connectivity index (χ0) is 45.9. The van der Waals surface area contributed by atoms with Gasteiger partial charge in [0, 0.05) is 69.4 Å². The van der Waals surface area contributed by atoms with Crippen LogP contribution in [0.25, 0.3) is 131 Å². The van der Waals surface area contributed by atoms with Crippen molar-refractivity contribution in [2.45, 2.75) is 12.8 Å². The number of hydrogen-bond acceptors (Lipinski definition) is 4. The highest BCUT2D eigenvalue weighted by atomic mass is 32.1. The molecule has 0 amide bonds. The zero-order valence-electron chi connectivity index (χ0n) is 37.8. The van der Waals surface area contributed by atoms with Crippen LogP contribution in [-0.2, 0) is 0 Å². The highest BCUT2D eigenvalue weighted by Crippen LogP contribution is 2.45. The molecule has 14 aromatic rings. The first kappa shape index (κ1) is 39.1. The maximum Gasteiger partial charge on any atom is 0.238 e. The van der Waals surface area contributed by atoms with Crippen LogP contribution in [0.15, 0.2) is 218 Å². The molecule has 1 aliphatic rings. The van der Waals surface area contributed by atoms with Crippen molar-refractivity contribution in [3.05, 3.63) is 224 Å². The van der Waals surface area contributed by atoms with E-state index >= 15 is 0 Å². The van der Waals surface area contributed by atoms with E-state index in [2.05, 4.69) is 214 Å². The largest absolute Gasteiger partial charge is 0.309 e. The lowest BCUT2D eigenvalue weighted by molar-refractivity contribution is 0.913. The topological polar surface area (TPSA) is 53.5 Å². The van der Waals surface area contributed by atoms with Gasteiger partial charge in [0.15, 0.2) is 11.6 Å². The number of thiophene rings is 1.